The Balaban J connectivity index is 1.64. The summed E-state index contributed by atoms with van der Waals surface area (Å²) in [5, 5.41) is 6.78. The van der Waals surface area contributed by atoms with Gasteiger partial charge in [-0.05, 0) is 54.8 Å². The number of carbonyl (C=O) groups is 2. The normalized spacial score (nSPS) is 10.4. The summed E-state index contributed by atoms with van der Waals surface area (Å²) in [4.78, 5) is 23.7. The zero-order valence-electron chi connectivity index (χ0n) is 15.3. The van der Waals surface area contributed by atoms with Crippen molar-refractivity contribution in [3.05, 3.63) is 63.1 Å². The first-order chi connectivity index (χ1) is 12.8. The van der Waals surface area contributed by atoms with Gasteiger partial charge < -0.3 is 15.4 Å². The third-order valence-electron chi connectivity index (χ3n) is 3.83. The Hall–Kier alpha value is -2.24. The number of amides is 2. The summed E-state index contributed by atoms with van der Waals surface area (Å²) in [6.07, 6.45) is 0.267. The Morgan fingerprint density at radius 2 is 1.48 bits per heavy atom. The summed E-state index contributed by atoms with van der Waals surface area (Å²) in [5.74, 6) is 0.225. The van der Waals surface area contributed by atoms with E-state index in [1.807, 2.05) is 13.8 Å². The number of benzene rings is 2. The highest BCUT2D eigenvalue weighted by molar-refractivity contribution is 6.32. The van der Waals surface area contributed by atoms with Crippen LogP contribution in [0.15, 0.2) is 36.4 Å². The summed E-state index contributed by atoms with van der Waals surface area (Å²) in [5.41, 5.74) is 2.67. The molecule has 0 aliphatic rings. The molecule has 0 unspecified atom stereocenters. The van der Waals surface area contributed by atoms with Crippen molar-refractivity contribution in [3.63, 3.8) is 0 Å². The maximum absolute atomic E-state index is 11.9. The molecule has 0 bridgehead atoms. The fourth-order valence-corrected chi connectivity index (χ4v) is 2.68. The van der Waals surface area contributed by atoms with E-state index in [4.69, 9.17) is 27.9 Å². The van der Waals surface area contributed by atoms with Crippen LogP contribution in [0.5, 0.6) is 5.75 Å². The van der Waals surface area contributed by atoms with Gasteiger partial charge in [0.05, 0.1) is 6.42 Å². The smallest absolute Gasteiger partial charge is 0.258 e. The predicted octanol–water partition coefficient (Wildman–Crippen LogP) is 3.46. The largest absolute Gasteiger partial charge is 0.484 e. The summed E-state index contributed by atoms with van der Waals surface area (Å²) in [6.45, 7) is 4.34. The molecule has 0 atom stereocenters. The summed E-state index contributed by atoms with van der Waals surface area (Å²) >= 11 is 11.9. The zero-order chi connectivity index (χ0) is 19.8. The summed E-state index contributed by atoms with van der Waals surface area (Å²) in [6, 6.07) is 10.7. The first-order valence-corrected chi connectivity index (χ1v) is 9.28. The van der Waals surface area contributed by atoms with Crippen LogP contribution in [0.3, 0.4) is 0 Å². The second-order valence-corrected chi connectivity index (χ2v) is 6.98. The van der Waals surface area contributed by atoms with Crippen molar-refractivity contribution in [2.24, 2.45) is 0 Å². The Bertz CT molecular complexity index is 784. The van der Waals surface area contributed by atoms with Crippen molar-refractivity contribution in [3.8, 4) is 5.75 Å². The van der Waals surface area contributed by atoms with Crippen LogP contribution >= 0.6 is 23.2 Å². The Morgan fingerprint density at radius 3 is 2.07 bits per heavy atom. The van der Waals surface area contributed by atoms with Crippen molar-refractivity contribution < 1.29 is 14.3 Å². The van der Waals surface area contributed by atoms with E-state index in [1.165, 1.54) is 0 Å². The number of aryl methyl sites for hydroxylation is 2. The fraction of sp³-hybridized carbons (Fsp3) is 0.300. The molecular weight excluding hydrogens is 387 g/mol. The molecule has 7 heteroatoms. The van der Waals surface area contributed by atoms with E-state index >= 15 is 0 Å². The minimum absolute atomic E-state index is 0.0980. The van der Waals surface area contributed by atoms with Gasteiger partial charge in [-0.15, -0.1) is 0 Å². The number of nitrogens with one attached hydrogen (secondary N) is 2. The number of ether oxygens (including phenoxy) is 1. The predicted molar refractivity (Wildman–Crippen MR) is 108 cm³/mol. The number of hydrogen-bond donors (Lipinski definition) is 2. The molecule has 0 spiro atoms. The van der Waals surface area contributed by atoms with Crippen LogP contribution in [0.4, 0.5) is 0 Å². The molecule has 27 heavy (non-hydrogen) atoms. The second kappa shape index (κ2) is 10.2. The van der Waals surface area contributed by atoms with E-state index in [2.05, 4.69) is 10.6 Å². The van der Waals surface area contributed by atoms with Crippen molar-refractivity contribution in [1.29, 1.82) is 0 Å². The van der Waals surface area contributed by atoms with Gasteiger partial charge >= 0.3 is 0 Å². The Morgan fingerprint density at radius 1 is 0.926 bits per heavy atom. The van der Waals surface area contributed by atoms with Crippen LogP contribution in [0.1, 0.15) is 16.7 Å². The molecule has 0 aromatic heterocycles. The standard InChI is InChI=1S/C20H22Cl2N2O3/c1-13-9-17(10-14(2)20(13)22)27-12-19(26)24-8-7-23-18(25)11-15-3-5-16(21)6-4-15/h3-6,9-10H,7-8,11-12H2,1-2H3,(H,23,25)(H,24,26). The number of hydrogen-bond acceptors (Lipinski definition) is 3. The molecule has 2 N–H and O–H groups in total. The summed E-state index contributed by atoms with van der Waals surface area (Å²) < 4.78 is 5.48. The van der Waals surface area contributed by atoms with Gasteiger partial charge in [0.2, 0.25) is 5.91 Å². The van der Waals surface area contributed by atoms with Gasteiger partial charge in [-0.3, -0.25) is 9.59 Å². The van der Waals surface area contributed by atoms with E-state index in [0.717, 1.165) is 16.7 Å². The van der Waals surface area contributed by atoms with Crippen molar-refractivity contribution in [1.82, 2.24) is 10.6 Å². The highest BCUT2D eigenvalue weighted by Crippen LogP contribution is 2.25. The van der Waals surface area contributed by atoms with Gasteiger partial charge in [0.1, 0.15) is 5.75 Å². The molecule has 0 radical (unpaired) electrons. The van der Waals surface area contributed by atoms with Crippen molar-refractivity contribution >= 4 is 35.0 Å². The molecule has 0 heterocycles. The average molecular weight is 409 g/mol. The average Bonchev–Trinajstić information content (AvgIpc) is 2.63. The van der Waals surface area contributed by atoms with Gasteiger partial charge in [0, 0.05) is 23.1 Å². The highest BCUT2D eigenvalue weighted by atomic mass is 35.5. The first-order valence-electron chi connectivity index (χ1n) is 8.52. The molecule has 2 aromatic carbocycles. The lowest BCUT2D eigenvalue weighted by atomic mass is 10.1. The van der Waals surface area contributed by atoms with Crippen LogP contribution < -0.4 is 15.4 Å². The van der Waals surface area contributed by atoms with E-state index in [0.29, 0.717) is 28.9 Å². The van der Waals surface area contributed by atoms with E-state index in [-0.39, 0.29) is 24.8 Å². The quantitative estimate of drug-likeness (QED) is 0.657. The number of halogens is 2. The van der Waals surface area contributed by atoms with Crippen LogP contribution in [0.2, 0.25) is 10.0 Å². The van der Waals surface area contributed by atoms with Crippen LogP contribution in [0.25, 0.3) is 0 Å². The molecular formula is C20H22Cl2N2O3. The van der Waals surface area contributed by atoms with Crippen molar-refractivity contribution in [2.45, 2.75) is 20.3 Å². The third-order valence-corrected chi connectivity index (χ3v) is 4.68. The molecule has 144 valence electrons. The molecule has 5 nitrogen and oxygen atoms in total. The number of rotatable bonds is 8. The van der Waals surface area contributed by atoms with E-state index in [9.17, 15) is 9.59 Å². The fourth-order valence-electron chi connectivity index (χ4n) is 2.44. The van der Waals surface area contributed by atoms with Gasteiger partial charge in [0.15, 0.2) is 6.61 Å². The molecule has 0 saturated heterocycles. The molecule has 0 aliphatic heterocycles. The zero-order valence-corrected chi connectivity index (χ0v) is 16.8. The first kappa shape index (κ1) is 21.1. The van der Waals surface area contributed by atoms with E-state index < -0.39 is 0 Å². The topological polar surface area (TPSA) is 67.4 Å². The van der Waals surface area contributed by atoms with Gasteiger partial charge in [0.25, 0.3) is 5.91 Å². The van der Waals surface area contributed by atoms with Gasteiger partial charge in [-0.25, -0.2) is 0 Å². The van der Waals surface area contributed by atoms with Crippen LogP contribution in [-0.2, 0) is 16.0 Å². The maximum atomic E-state index is 11.9. The Labute approximate surface area is 169 Å². The molecule has 2 aromatic rings. The SMILES string of the molecule is Cc1cc(OCC(=O)NCCNC(=O)Cc2ccc(Cl)cc2)cc(C)c1Cl. The number of carbonyl (C=O) groups excluding carboxylic acids is 2. The lowest BCUT2D eigenvalue weighted by Crippen LogP contribution is -2.37. The van der Waals surface area contributed by atoms with Crippen molar-refractivity contribution in [2.75, 3.05) is 19.7 Å². The lowest BCUT2D eigenvalue weighted by molar-refractivity contribution is -0.124. The third kappa shape index (κ3) is 7.12. The van der Waals surface area contributed by atoms with Gasteiger partial charge in [-0.1, -0.05) is 35.3 Å². The maximum Gasteiger partial charge on any atom is 0.258 e. The van der Waals surface area contributed by atoms with E-state index in [1.54, 1.807) is 36.4 Å². The monoisotopic (exact) mass is 408 g/mol. The van der Waals surface area contributed by atoms with Gasteiger partial charge in [-0.2, -0.15) is 0 Å². The molecule has 0 saturated carbocycles. The minimum atomic E-state index is -0.257. The van der Waals surface area contributed by atoms with Crippen LogP contribution in [0, 0.1) is 13.8 Å². The molecule has 2 amide bonds. The molecule has 0 aliphatic carbocycles. The molecule has 0 fully saturated rings. The minimum Gasteiger partial charge on any atom is -0.484 e. The Kier molecular flexibility index (Phi) is 7.95. The lowest BCUT2D eigenvalue weighted by Gasteiger charge is -2.11. The summed E-state index contributed by atoms with van der Waals surface area (Å²) in [7, 11) is 0. The highest BCUT2D eigenvalue weighted by Gasteiger charge is 2.07. The van der Waals surface area contributed by atoms with Crippen LogP contribution in [-0.4, -0.2) is 31.5 Å². The second-order valence-electron chi connectivity index (χ2n) is 6.16. The molecule has 2 rings (SSSR count).